The minimum Gasteiger partial charge on any atom is -0.493 e. The molecule has 0 saturated carbocycles. The number of rotatable bonds is 8. The van der Waals surface area contributed by atoms with Gasteiger partial charge in [-0.15, -0.1) is 0 Å². The molecule has 1 N–H and O–H groups in total. The molecule has 2 aromatic rings. The first-order valence-corrected chi connectivity index (χ1v) is 12.2. The van der Waals surface area contributed by atoms with E-state index in [0.29, 0.717) is 16.1 Å². The van der Waals surface area contributed by atoms with Crippen molar-refractivity contribution in [3.63, 3.8) is 0 Å². The van der Waals surface area contributed by atoms with Crippen molar-refractivity contribution in [3.8, 4) is 11.5 Å². The van der Waals surface area contributed by atoms with E-state index in [9.17, 15) is 9.36 Å². The lowest BCUT2D eigenvalue weighted by Crippen LogP contribution is -2.45. The highest BCUT2D eigenvalue weighted by Gasteiger charge is 2.65. The molecule has 0 aliphatic carbocycles. The smallest absolute Gasteiger partial charge is 0.475 e. The van der Waals surface area contributed by atoms with Crippen LogP contribution in [-0.2, 0) is 29.4 Å². The van der Waals surface area contributed by atoms with Crippen LogP contribution in [0, 0.1) is 0 Å². The number of alkyl halides is 2. The molecule has 14 heteroatoms. The van der Waals surface area contributed by atoms with Crippen LogP contribution in [0.15, 0.2) is 35.3 Å². The first-order valence-electron chi connectivity index (χ1n) is 10.7. The molecule has 4 rings (SSSR count). The van der Waals surface area contributed by atoms with Crippen molar-refractivity contribution < 1.29 is 41.1 Å². The van der Waals surface area contributed by atoms with Gasteiger partial charge in [-0.05, 0) is 37.6 Å². The van der Waals surface area contributed by atoms with Crippen LogP contribution in [0.25, 0.3) is 0 Å². The summed E-state index contributed by atoms with van der Waals surface area (Å²) in [6.07, 6.45) is -4.61. The van der Waals surface area contributed by atoms with Crippen LogP contribution in [0.1, 0.15) is 25.6 Å². The van der Waals surface area contributed by atoms with Gasteiger partial charge in [0.2, 0.25) is 6.23 Å². The zero-order valence-corrected chi connectivity index (χ0v) is 20.4. The van der Waals surface area contributed by atoms with Gasteiger partial charge in [-0.3, -0.25) is 18.1 Å². The van der Waals surface area contributed by atoms with E-state index in [1.54, 1.807) is 32.0 Å². The number of methoxy groups -OCH3 is 2. The highest BCUT2D eigenvalue weighted by atomic mass is 31.2. The molecule has 4 atom stereocenters. The van der Waals surface area contributed by atoms with Gasteiger partial charge in [0.1, 0.15) is 11.9 Å². The third kappa shape index (κ3) is 5.19. The van der Waals surface area contributed by atoms with Crippen LogP contribution >= 0.6 is 7.82 Å². The number of hydrogen-bond acceptors (Lipinski definition) is 10. The minimum atomic E-state index is -4.20. The van der Waals surface area contributed by atoms with Gasteiger partial charge in [-0.1, -0.05) is 6.07 Å². The van der Waals surface area contributed by atoms with Gasteiger partial charge in [0.25, 0.3) is 0 Å². The summed E-state index contributed by atoms with van der Waals surface area (Å²) in [6.45, 7) is 2.98. The molecule has 35 heavy (non-hydrogen) atoms. The van der Waals surface area contributed by atoms with Gasteiger partial charge >= 0.3 is 19.4 Å². The van der Waals surface area contributed by atoms with E-state index in [-0.39, 0.29) is 12.4 Å². The van der Waals surface area contributed by atoms with E-state index in [1.807, 2.05) is 0 Å². The van der Waals surface area contributed by atoms with E-state index < -0.39 is 50.6 Å². The molecular weight excluding hydrogens is 491 g/mol. The zero-order valence-electron chi connectivity index (χ0n) is 19.5. The van der Waals surface area contributed by atoms with Gasteiger partial charge in [0.05, 0.1) is 26.9 Å². The quantitative estimate of drug-likeness (QED) is 0.522. The average Bonchev–Trinajstić information content (AvgIpc) is 3.06. The molecule has 1 aromatic carbocycles. The van der Waals surface area contributed by atoms with Gasteiger partial charge in [-0.25, -0.2) is 9.36 Å². The second kappa shape index (κ2) is 9.82. The summed E-state index contributed by atoms with van der Waals surface area (Å²) in [5, 5.41) is 2.96. The molecule has 0 bridgehead atoms. The van der Waals surface area contributed by atoms with E-state index in [0.717, 1.165) is 11.8 Å². The minimum absolute atomic E-state index is 0.175. The Bertz CT molecular complexity index is 1180. The highest BCUT2D eigenvalue weighted by Crippen LogP contribution is 2.60. The zero-order chi connectivity index (χ0) is 25.4. The molecule has 0 amide bonds. The van der Waals surface area contributed by atoms with Crippen molar-refractivity contribution in [2.45, 2.75) is 50.9 Å². The van der Waals surface area contributed by atoms with Crippen LogP contribution in [0.5, 0.6) is 11.5 Å². The molecule has 0 radical (unpaired) electrons. The number of halogens is 2. The molecule has 0 spiro atoms. The topological polar surface area (TPSA) is 119 Å². The van der Waals surface area contributed by atoms with Crippen LogP contribution in [0.4, 0.5) is 14.6 Å². The third-order valence-corrected chi connectivity index (χ3v) is 6.96. The summed E-state index contributed by atoms with van der Waals surface area (Å²) in [7, 11) is -1.16. The Balaban J connectivity index is 1.48. The normalized spacial score (nSPS) is 27.5. The lowest BCUT2D eigenvalue weighted by molar-refractivity contribution is -0.139. The predicted octanol–water partition coefficient (Wildman–Crippen LogP) is 3.35. The molecule has 2 unspecified atom stereocenters. The molecule has 11 nitrogen and oxygen atoms in total. The number of nitrogens with one attached hydrogen (secondary N) is 1. The lowest BCUT2D eigenvalue weighted by atomic mass is 10.1. The van der Waals surface area contributed by atoms with Crippen molar-refractivity contribution in [3.05, 3.63) is 46.5 Å². The number of hydrogen-bond donors (Lipinski definition) is 1. The Kier molecular flexibility index (Phi) is 7.16. The SMILES string of the molecule is COc1ccc(CNc2ccn(C3O[C@@H]4COP(=O)(OC(C)C)O[C@H]4C3(F)F)c(=O)n2)cc1OC. The summed E-state index contributed by atoms with van der Waals surface area (Å²) in [5.41, 5.74) is -0.151. The predicted molar refractivity (Wildman–Crippen MR) is 119 cm³/mol. The third-order valence-electron chi connectivity index (χ3n) is 5.33. The van der Waals surface area contributed by atoms with Crippen LogP contribution in [0.2, 0.25) is 0 Å². The van der Waals surface area contributed by atoms with Crippen molar-refractivity contribution in [2.75, 3.05) is 26.1 Å². The highest BCUT2D eigenvalue weighted by molar-refractivity contribution is 7.48. The van der Waals surface area contributed by atoms with E-state index >= 15 is 8.78 Å². The van der Waals surface area contributed by atoms with E-state index in [2.05, 4.69) is 10.3 Å². The fraction of sp³-hybridized carbons (Fsp3) is 0.524. The molecular formula is C21H26F2N3O8P. The molecule has 2 fully saturated rings. The van der Waals surface area contributed by atoms with Crippen molar-refractivity contribution in [2.24, 2.45) is 0 Å². The number of nitrogens with zero attached hydrogens (tertiary/aromatic N) is 2. The van der Waals surface area contributed by atoms with Crippen LogP contribution < -0.4 is 20.5 Å². The number of aromatic nitrogens is 2. The Labute approximate surface area is 199 Å². The average molecular weight is 517 g/mol. The molecule has 3 heterocycles. The number of phosphoric acid groups is 1. The standard InChI is InChI=1S/C21H26F2N3O8P/c1-12(2)33-35(28)31-11-16-18(34-35)21(22,23)19(32-16)26-8-7-17(25-20(26)27)24-10-13-5-6-14(29-3)15(9-13)30-4/h5-9,12,16,18-19H,10-11H2,1-4H3,(H,24,25,27)/t16-,18-,19?,35?/m1/s1. The number of phosphoric ester groups is 1. The Morgan fingerprint density at radius 2 is 2.00 bits per heavy atom. The Morgan fingerprint density at radius 1 is 1.26 bits per heavy atom. The van der Waals surface area contributed by atoms with Crippen LogP contribution in [0.3, 0.4) is 0 Å². The summed E-state index contributed by atoms with van der Waals surface area (Å²) in [5.74, 6) is -2.43. The summed E-state index contributed by atoms with van der Waals surface area (Å²) in [4.78, 5) is 16.4. The Morgan fingerprint density at radius 3 is 2.66 bits per heavy atom. The van der Waals surface area contributed by atoms with Gasteiger partial charge in [0.15, 0.2) is 17.6 Å². The first-order chi connectivity index (χ1) is 16.6. The van der Waals surface area contributed by atoms with Crippen molar-refractivity contribution >= 4 is 13.6 Å². The molecule has 1 aromatic heterocycles. The van der Waals surface area contributed by atoms with E-state index in [4.69, 9.17) is 27.8 Å². The first kappa shape index (κ1) is 25.5. The fourth-order valence-corrected chi connectivity index (χ4v) is 5.32. The van der Waals surface area contributed by atoms with Crippen molar-refractivity contribution in [1.82, 2.24) is 9.55 Å². The summed E-state index contributed by atoms with van der Waals surface area (Å²) in [6, 6.07) is 6.66. The fourth-order valence-electron chi connectivity index (χ4n) is 3.75. The molecule has 2 aliphatic rings. The second-order valence-electron chi connectivity index (χ2n) is 8.17. The maximum absolute atomic E-state index is 15.2. The van der Waals surface area contributed by atoms with Gasteiger partial charge < -0.3 is 19.5 Å². The summed E-state index contributed by atoms with van der Waals surface area (Å²) >= 11 is 0. The molecule has 2 aliphatic heterocycles. The van der Waals surface area contributed by atoms with E-state index in [1.165, 1.54) is 20.3 Å². The Hall–Kier alpha value is -2.57. The molecule has 2 saturated heterocycles. The monoisotopic (exact) mass is 517 g/mol. The van der Waals surface area contributed by atoms with Gasteiger partial charge in [-0.2, -0.15) is 13.8 Å². The van der Waals surface area contributed by atoms with Crippen molar-refractivity contribution in [1.29, 1.82) is 0 Å². The second-order valence-corrected chi connectivity index (χ2v) is 9.74. The maximum atomic E-state index is 15.2. The number of fused-ring (bicyclic) bond motifs is 1. The number of ether oxygens (including phenoxy) is 3. The van der Waals surface area contributed by atoms with Crippen LogP contribution in [-0.4, -0.2) is 54.6 Å². The number of benzene rings is 1. The maximum Gasteiger partial charge on any atom is 0.475 e. The van der Waals surface area contributed by atoms with Gasteiger partial charge in [0, 0.05) is 12.7 Å². The summed E-state index contributed by atoms with van der Waals surface area (Å²) < 4.78 is 74.5. The largest absolute Gasteiger partial charge is 0.493 e. The molecule has 192 valence electrons. The number of anilines is 1. The lowest BCUT2D eigenvalue weighted by Gasteiger charge is -2.32.